The van der Waals surface area contributed by atoms with Crippen LogP contribution in [0, 0.1) is 0 Å². The minimum Gasteiger partial charge on any atom is -0.422 e. The first-order valence-corrected chi connectivity index (χ1v) is 8.20. The van der Waals surface area contributed by atoms with Crippen molar-refractivity contribution in [3.8, 4) is 0 Å². The first kappa shape index (κ1) is 17.4. The van der Waals surface area contributed by atoms with E-state index in [0.717, 1.165) is 5.56 Å². The largest absolute Gasteiger partial charge is 0.422 e. The van der Waals surface area contributed by atoms with Gasteiger partial charge in [0.15, 0.2) is 0 Å². The molecule has 2 N–H and O–H groups in total. The number of carbonyl (C=O) groups excluding carboxylic acids is 2. The molecule has 0 unspecified atom stereocenters. The molecule has 1 aromatic heterocycles. The fourth-order valence-corrected chi connectivity index (χ4v) is 2.50. The van der Waals surface area contributed by atoms with E-state index in [1.807, 2.05) is 30.3 Å². The molecule has 0 spiro atoms. The molecule has 2 aromatic carbocycles. The first-order valence-electron chi connectivity index (χ1n) is 8.20. The molecule has 6 nitrogen and oxygen atoms in total. The number of para-hydroxylation sites is 1. The summed E-state index contributed by atoms with van der Waals surface area (Å²) in [5.74, 6) is -0.987. The van der Waals surface area contributed by atoms with Crippen LogP contribution in [0.5, 0.6) is 0 Å². The van der Waals surface area contributed by atoms with Crippen LogP contribution in [0.1, 0.15) is 22.8 Å². The topological polar surface area (TPSA) is 88.4 Å². The molecule has 0 fully saturated rings. The SMILES string of the molecule is C[C@H](NC(=O)c1cc2ccccc2oc1=O)C(=O)NCc1ccccc1. The maximum Gasteiger partial charge on any atom is 0.349 e. The minimum absolute atomic E-state index is 0.133. The lowest BCUT2D eigenvalue weighted by atomic mass is 10.1. The van der Waals surface area contributed by atoms with Crippen LogP contribution >= 0.6 is 0 Å². The molecule has 0 radical (unpaired) electrons. The summed E-state index contributed by atoms with van der Waals surface area (Å²) in [5, 5.41) is 5.91. The Morgan fingerprint density at radius 3 is 2.50 bits per heavy atom. The molecule has 0 aliphatic carbocycles. The third kappa shape index (κ3) is 3.97. The van der Waals surface area contributed by atoms with Crippen LogP contribution in [0.15, 0.2) is 69.9 Å². The molecular formula is C20H18N2O4. The second kappa shape index (κ2) is 7.65. The molecule has 3 aromatic rings. The lowest BCUT2D eigenvalue weighted by molar-refractivity contribution is -0.122. The molecule has 0 saturated heterocycles. The lowest BCUT2D eigenvalue weighted by Crippen LogP contribution is -2.45. The van der Waals surface area contributed by atoms with Gasteiger partial charge in [-0.1, -0.05) is 48.5 Å². The van der Waals surface area contributed by atoms with E-state index in [1.54, 1.807) is 31.2 Å². The third-order valence-corrected chi connectivity index (χ3v) is 3.94. The van der Waals surface area contributed by atoms with Crippen LogP contribution in [0.2, 0.25) is 0 Å². The van der Waals surface area contributed by atoms with Gasteiger partial charge in [0.1, 0.15) is 17.2 Å². The summed E-state index contributed by atoms with van der Waals surface area (Å²) in [5.41, 5.74) is 0.488. The van der Waals surface area contributed by atoms with Crippen molar-refractivity contribution in [1.29, 1.82) is 0 Å². The zero-order valence-corrected chi connectivity index (χ0v) is 14.2. The summed E-state index contributed by atoms with van der Waals surface area (Å²) in [7, 11) is 0. The van der Waals surface area contributed by atoms with Gasteiger partial charge in [0.25, 0.3) is 5.91 Å². The van der Waals surface area contributed by atoms with Gasteiger partial charge in [-0.3, -0.25) is 9.59 Å². The molecule has 26 heavy (non-hydrogen) atoms. The Kier molecular flexibility index (Phi) is 5.12. The number of amides is 2. The van der Waals surface area contributed by atoms with E-state index in [0.29, 0.717) is 17.5 Å². The van der Waals surface area contributed by atoms with Crippen molar-refractivity contribution in [1.82, 2.24) is 10.6 Å². The van der Waals surface area contributed by atoms with Crippen molar-refractivity contribution in [3.63, 3.8) is 0 Å². The van der Waals surface area contributed by atoms with Crippen LogP contribution in [-0.4, -0.2) is 17.9 Å². The predicted molar refractivity (Wildman–Crippen MR) is 97.7 cm³/mol. The van der Waals surface area contributed by atoms with Gasteiger partial charge in [-0.05, 0) is 24.6 Å². The molecule has 0 aliphatic rings. The average Bonchev–Trinajstić information content (AvgIpc) is 2.66. The van der Waals surface area contributed by atoms with Crippen LogP contribution in [0.4, 0.5) is 0 Å². The fraction of sp³-hybridized carbons (Fsp3) is 0.150. The summed E-state index contributed by atoms with van der Waals surface area (Å²) < 4.78 is 5.14. The van der Waals surface area contributed by atoms with Crippen molar-refractivity contribution in [2.75, 3.05) is 0 Å². The van der Waals surface area contributed by atoms with Crippen molar-refractivity contribution < 1.29 is 14.0 Å². The Labute approximate surface area is 149 Å². The van der Waals surface area contributed by atoms with E-state index in [-0.39, 0.29) is 11.5 Å². The Balaban J connectivity index is 1.66. The number of fused-ring (bicyclic) bond motifs is 1. The average molecular weight is 350 g/mol. The van der Waals surface area contributed by atoms with E-state index in [4.69, 9.17) is 4.42 Å². The Morgan fingerprint density at radius 2 is 1.73 bits per heavy atom. The van der Waals surface area contributed by atoms with Crippen LogP contribution in [0.3, 0.4) is 0 Å². The number of hydrogen-bond donors (Lipinski definition) is 2. The minimum atomic E-state index is -0.794. The molecular weight excluding hydrogens is 332 g/mol. The number of nitrogens with one attached hydrogen (secondary N) is 2. The van der Waals surface area contributed by atoms with Gasteiger partial charge >= 0.3 is 5.63 Å². The summed E-state index contributed by atoms with van der Waals surface area (Å²) in [6.07, 6.45) is 0. The quantitative estimate of drug-likeness (QED) is 0.691. The molecule has 1 atom stereocenters. The highest BCUT2D eigenvalue weighted by molar-refractivity contribution is 5.99. The predicted octanol–water partition coefficient (Wildman–Crippen LogP) is 2.23. The van der Waals surface area contributed by atoms with Gasteiger partial charge in [-0.15, -0.1) is 0 Å². The van der Waals surface area contributed by atoms with E-state index in [2.05, 4.69) is 10.6 Å². The molecule has 132 valence electrons. The number of benzene rings is 2. The number of hydrogen-bond acceptors (Lipinski definition) is 4. The smallest absolute Gasteiger partial charge is 0.349 e. The lowest BCUT2D eigenvalue weighted by Gasteiger charge is -2.14. The summed E-state index contributed by atoms with van der Waals surface area (Å²) in [6.45, 7) is 1.92. The summed E-state index contributed by atoms with van der Waals surface area (Å²) >= 11 is 0. The van der Waals surface area contributed by atoms with Gasteiger partial charge in [-0.2, -0.15) is 0 Å². The second-order valence-corrected chi connectivity index (χ2v) is 5.88. The zero-order valence-electron chi connectivity index (χ0n) is 14.2. The number of rotatable bonds is 5. The van der Waals surface area contributed by atoms with Crippen molar-refractivity contribution in [2.45, 2.75) is 19.5 Å². The monoisotopic (exact) mass is 350 g/mol. The van der Waals surface area contributed by atoms with Crippen molar-refractivity contribution >= 4 is 22.8 Å². The van der Waals surface area contributed by atoms with Gasteiger partial charge in [0.2, 0.25) is 5.91 Å². The second-order valence-electron chi connectivity index (χ2n) is 5.88. The van der Waals surface area contributed by atoms with Gasteiger partial charge in [-0.25, -0.2) is 4.79 Å². The fourth-order valence-electron chi connectivity index (χ4n) is 2.50. The molecule has 0 bridgehead atoms. The van der Waals surface area contributed by atoms with Crippen LogP contribution in [0.25, 0.3) is 11.0 Å². The summed E-state index contributed by atoms with van der Waals surface area (Å²) in [6, 6.07) is 17.0. The van der Waals surface area contributed by atoms with Crippen molar-refractivity contribution in [2.24, 2.45) is 0 Å². The molecule has 3 rings (SSSR count). The maximum atomic E-state index is 12.3. The highest BCUT2D eigenvalue weighted by Gasteiger charge is 2.19. The zero-order chi connectivity index (χ0) is 18.5. The molecule has 1 heterocycles. The molecule has 6 heteroatoms. The van der Waals surface area contributed by atoms with Gasteiger partial charge in [0.05, 0.1) is 0 Å². The van der Waals surface area contributed by atoms with E-state index in [9.17, 15) is 14.4 Å². The van der Waals surface area contributed by atoms with Gasteiger partial charge < -0.3 is 15.1 Å². The van der Waals surface area contributed by atoms with Crippen LogP contribution in [-0.2, 0) is 11.3 Å². The highest BCUT2D eigenvalue weighted by Crippen LogP contribution is 2.12. The third-order valence-electron chi connectivity index (χ3n) is 3.94. The Hall–Kier alpha value is -3.41. The maximum absolute atomic E-state index is 12.3. The molecule has 0 aliphatic heterocycles. The van der Waals surface area contributed by atoms with Gasteiger partial charge in [0, 0.05) is 11.9 Å². The molecule has 2 amide bonds. The van der Waals surface area contributed by atoms with E-state index >= 15 is 0 Å². The van der Waals surface area contributed by atoms with Crippen molar-refractivity contribution in [3.05, 3.63) is 82.2 Å². The Bertz CT molecular complexity index is 995. The summed E-state index contributed by atoms with van der Waals surface area (Å²) in [4.78, 5) is 36.5. The highest BCUT2D eigenvalue weighted by atomic mass is 16.4. The first-order chi connectivity index (χ1) is 12.5. The standard InChI is InChI=1S/C20H18N2O4/c1-13(18(23)21-12-14-7-3-2-4-8-14)22-19(24)16-11-15-9-5-6-10-17(15)26-20(16)25/h2-11,13H,12H2,1H3,(H,21,23)(H,22,24)/t13-/m0/s1. The normalized spacial score (nSPS) is 11.7. The van der Waals surface area contributed by atoms with E-state index in [1.165, 1.54) is 6.07 Å². The van der Waals surface area contributed by atoms with E-state index < -0.39 is 17.6 Å². The molecule has 0 saturated carbocycles. The Morgan fingerprint density at radius 1 is 1.04 bits per heavy atom. The van der Waals surface area contributed by atoms with Crippen LogP contribution < -0.4 is 16.3 Å². The number of carbonyl (C=O) groups is 2.